The molecule has 0 aromatic heterocycles. The van der Waals surface area contributed by atoms with E-state index in [4.69, 9.17) is 0 Å². The van der Waals surface area contributed by atoms with Crippen LogP contribution < -0.4 is 16.0 Å². The molecule has 0 radical (unpaired) electrons. The van der Waals surface area contributed by atoms with Crippen molar-refractivity contribution in [1.29, 1.82) is 0 Å². The number of benzene rings is 1. The maximum absolute atomic E-state index is 13.6. The molecule has 3 aliphatic rings. The van der Waals surface area contributed by atoms with Crippen molar-refractivity contribution in [3.8, 4) is 0 Å². The summed E-state index contributed by atoms with van der Waals surface area (Å²) in [5, 5.41) is 10.3. The van der Waals surface area contributed by atoms with Crippen LogP contribution >= 0.6 is 0 Å². The minimum atomic E-state index is -0.296. The van der Waals surface area contributed by atoms with Crippen LogP contribution in [-0.4, -0.2) is 30.6 Å². The number of aryl methyl sites for hydroxylation is 1. The SMILES string of the molecule is Cc1cc(F)cc2c1NC(C(=O)NC(C1CC1)C1NCCCC1C)C2. The zero-order chi connectivity index (χ0) is 17.6. The number of fused-ring (bicyclic) bond motifs is 1. The highest BCUT2D eigenvalue weighted by molar-refractivity contribution is 5.88. The Morgan fingerprint density at radius 3 is 2.84 bits per heavy atom. The van der Waals surface area contributed by atoms with Crippen molar-refractivity contribution in [3.05, 3.63) is 29.1 Å². The Morgan fingerprint density at radius 1 is 1.32 bits per heavy atom. The molecule has 1 aromatic carbocycles. The normalized spacial score (nSPS) is 29.6. The second-order valence-corrected chi connectivity index (χ2v) is 8.13. The van der Waals surface area contributed by atoms with Crippen molar-refractivity contribution < 1.29 is 9.18 Å². The first-order valence-corrected chi connectivity index (χ1v) is 9.62. The Morgan fingerprint density at radius 2 is 2.12 bits per heavy atom. The molecule has 136 valence electrons. The first kappa shape index (κ1) is 16.8. The number of halogens is 1. The average Bonchev–Trinajstić information content (AvgIpc) is 3.32. The van der Waals surface area contributed by atoms with Gasteiger partial charge in [-0.05, 0) is 74.2 Å². The number of anilines is 1. The Labute approximate surface area is 148 Å². The van der Waals surface area contributed by atoms with Crippen LogP contribution in [0.5, 0.6) is 0 Å². The van der Waals surface area contributed by atoms with Gasteiger partial charge in [-0.25, -0.2) is 4.39 Å². The van der Waals surface area contributed by atoms with E-state index in [1.165, 1.54) is 31.7 Å². The van der Waals surface area contributed by atoms with Crippen molar-refractivity contribution in [2.24, 2.45) is 11.8 Å². The number of carbonyl (C=O) groups is 1. The van der Waals surface area contributed by atoms with E-state index >= 15 is 0 Å². The fourth-order valence-electron chi connectivity index (χ4n) is 4.56. The Balaban J connectivity index is 1.45. The molecule has 4 unspecified atom stereocenters. The van der Waals surface area contributed by atoms with E-state index in [0.717, 1.165) is 23.4 Å². The van der Waals surface area contributed by atoms with Crippen LogP contribution in [0.3, 0.4) is 0 Å². The van der Waals surface area contributed by atoms with Crippen LogP contribution in [0.1, 0.15) is 43.7 Å². The van der Waals surface area contributed by atoms with Gasteiger partial charge < -0.3 is 16.0 Å². The van der Waals surface area contributed by atoms with Gasteiger partial charge in [-0.2, -0.15) is 0 Å². The average molecular weight is 345 g/mol. The summed E-state index contributed by atoms with van der Waals surface area (Å²) in [6.07, 6.45) is 5.41. The number of nitrogens with one attached hydrogen (secondary N) is 3. The fraction of sp³-hybridized carbons (Fsp3) is 0.650. The van der Waals surface area contributed by atoms with Gasteiger partial charge in [0.25, 0.3) is 0 Å². The number of piperidine rings is 1. The van der Waals surface area contributed by atoms with Crippen molar-refractivity contribution in [3.63, 3.8) is 0 Å². The first-order valence-electron chi connectivity index (χ1n) is 9.62. The summed E-state index contributed by atoms with van der Waals surface area (Å²) in [6, 6.07) is 3.35. The van der Waals surface area contributed by atoms with Gasteiger partial charge >= 0.3 is 0 Å². The lowest BCUT2D eigenvalue weighted by atomic mass is 9.85. The van der Waals surface area contributed by atoms with Crippen molar-refractivity contribution in [1.82, 2.24) is 10.6 Å². The van der Waals surface area contributed by atoms with Gasteiger partial charge in [-0.3, -0.25) is 4.79 Å². The summed E-state index contributed by atoms with van der Waals surface area (Å²) in [6.45, 7) is 5.21. The van der Waals surface area contributed by atoms with E-state index in [2.05, 4.69) is 22.9 Å². The molecule has 25 heavy (non-hydrogen) atoms. The second kappa shape index (κ2) is 6.60. The predicted octanol–water partition coefficient (Wildman–Crippen LogP) is 2.75. The van der Waals surface area contributed by atoms with Crippen molar-refractivity contribution in [2.75, 3.05) is 11.9 Å². The molecule has 1 aliphatic carbocycles. The minimum absolute atomic E-state index is 0.0486. The summed E-state index contributed by atoms with van der Waals surface area (Å²) in [5.41, 5.74) is 2.70. The van der Waals surface area contributed by atoms with Crippen LogP contribution in [0.25, 0.3) is 0 Å². The van der Waals surface area contributed by atoms with Crippen molar-refractivity contribution >= 4 is 11.6 Å². The molecular weight excluding hydrogens is 317 g/mol. The minimum Gasteiger partial charge on any atom is -0.373 e. The number of rotatable bonds is 4. The summed E-state index contributed by atoms with van der Waals surface area (Å²) in [4.78, 5) is 12.9. The Bertz CT molecular complexity index is 673. The second-order valence-electron chi connectivity index (χ2n) is 8.13. The van der Waals surface area contributed by atoms with E-state index in [0.29, 0.717) is 24.3 Å². The standard InChI is InChI=1S/C20H28FN3O/c1-11-4-3-7-22-18(11)19(13-5-6-13)24-20(25)16-10-14-9-15(21)8-12(2)17(14)23-16/h8-9,11,13,16,18-19,22-23H,3-7,10H2,1-2H3,(H,24,25). The highest BCUT2D eigenvalue weighted by Crippen LogP contribution is 2.37. The van der Waals surface area contributed by atoms with Gasteiger partial charge in [0.1, 0.15) is 11.9 Å². The zero-order valence-corrected chi connectivity index (χ0v) is 15.1. The third-order valence-electron chi connectivity index (χ3n) is 6.10. The van der Waals surface area contributed by atoms with Gasteiger partial charge in [-0.15, -0.1) is 0 Å². The lowest BCUT2D eigenvalue weighted by Gasteiger charge is -2.37. The largest absolute Gasteiger partial charge is 0.373 e. The lowest BCUT2D eigenvalue weighted by molar-refractivity contribution is -0.123. The highest BCUT2D eigenvalue weighted by atomic mass is 19.1. The van der Waals surface area contributed by atoms with Crippen LogP contribution in [-0.2, 0) is 11.2 Å². The summed E-state index contributed by atoms with van der Waals surface area (Å²) in [7, 11) is 0. The molecule has 1 amide bonds. The van der Waals surface area contributed by atoms with Crippen LogP contribution in [0.15, 0.2) is 12.1 Å². The lowest BCUT2D eigenvalue weighted by Crippen LogP contribution is -2.58. The third kappa shape index (κ3) is 3.39. The summed E-state index contributed by atoms with van der Waals surface area (Å²) < 4.78 is 13.6. The molecule has 4 atom stereocenters. The molecule has 2 fully saturated rings. The maximum Gasteiger partial charge on any atom is 0.243 e. The maximum atomic E-state index is 13.6. The molecule has 1 saturated heterocycles. The number of amides is 1. The summed E-state index contributed by atoms with van der Waals surface area (Å²) >= 11 is 0. The molecule has 2 aliphatic heterocycles. The zero-order valence-electron chi connectivity index (χ0n) is 15.1. The molecule has 4 nitrogen and oxygen atoms in total. The van der Waals surface area contributed by atoms with E-state index < -0.39 is 0 Å². The van der Waals surface area contributed by atoms with Gasteiger partial charge in [0.05, 0.1) is 0 Å². The number of hydrogen-bond donors (Lipinski definition) is 3. The molecule has 1 aromatic rings. The quantitative estimate of drug-likeness (QED) is 0.786. The monoisotopic (exact) mass is 345 g/mol. The number of carbonyl (C=O) groups excluding carboxylic acids is 1. The van der Waals surface area contributed by atoms with Crippen LogP contribution in [0.2, 0.25) is 0 Å². The molecule has 0 bridgehead atoms. The smallest absolute Gasteiger partial charge is 0.243 e. The topological polar surface area (TPSA) is 53.2 Å². The number of hydrogen-bond acceptors (Lipinski definition) is 3. The molecule has 2 heterocycles. The van der Waals surface area contributed by atoms with Gasteiger partial charge in [-0.1, -0.05) is 6.92 Å². The Kier molecular flexibility index (Phi) is 4.44. The van der Waals surface area contributed by atoms with Gasteiger partial charge in [0, 0.05) is 24.2 Å². The van der Waals surface area contributed by atoms with E-state index in [-0.39, 0.29) is 23.8 Å². The molecule has 1 saturated carbocycles. The van der Waals surface area contributed by atoms with Gasteiger partial charge in [0.15, 0.2) is 0 Å². The van der Waals surface area contributed by atoms with Gasteiger partial charge in [0.2, 0.25) is 5.91 Å². The molecule has 5 heteroatoms. The first-order chi connectivity index (χ1) is 12.0. The van der Waals surface area contributed by atoms with E-state index in [1.54, 1.807) is 6.07 Å². The fourth-order valence-corrected chi connectivity index (χ4v) is 4.56. The molecule has 3 N–H and O–H groups in total. The predicted molar refractivity (Wildman–Crippen MR) is 97.1 cm³/mol. The molecule has 4 rings (SSSR count). The van der Waals surface area contributed by atoms with E-state index in [1.807, 2.05) is 6.92 Å². The third-order valence-corrected chi connectivity index (χ3v) is 6.10. The Hall–Kier alpha value is -1.62. The molecule has 0 spiro atoms. The van der Waals surface area contributed by atoms with Crippen LogP contribution in [0, 0.1) is 24.6 Å². The van der Waals surface area contributed by atoms with E-state index in [9.17, 15) is 9.18 Å². The van der Waals surface area contributed by atoms with Crippen molar-refractivity contribution in [2.45, 2.75) is 64.1 Å². The highest BCUT2D eigenvalue weighted by Gasteiger charge is 2.41. The molecular formula is C20H28FN3O. The summed E-state index contributed by atoms with van der Waals surface area (Å²) in [5.74, 6) is 1.01. The van der Waals surface area contributed by atoms with Crippen LogP contribution in [0.4, 0.5) is 10.1 Å².